The fraction of sp³-hybridized carbons (Fsp3) is 0.593. The number of rotatable bonds is 5. The Hall–Kier alpha value is -2.87. The van der Waals surface area contributed by atoms with Gasteiger partial charge in [-0.05, 0) is 82.5 Å². The van der Waals surface area contributed by atoms with Crippen molar-refractivity contribution in [2.75, 3.05) is 29.9 Å². The van der Waals surface area contributed by atoms with E-state index in [4.69, 9.17) is 0 Å². The molecular weight excluding hydrogens is 440 g/mol. The zero-order chi connectivity index (χ0) is 24.4. The Morgan fingerprint density at radius 3 is 2.57 bits per heavy atom. The van der Waals surface area contributed by atoms with Crippen LogP contribution in [0.1, 0.15) is 56.2 Å². The van der Waals surface area contributed by atoms with E-state index in [2.05, 4.69) is 21.0 Å². The third-order valence-corrected chi connectivity index (χ3v) is 8.09. The van der Waals surface area contributed by atoms with Crippen LogP contribution >= 0.6 is 0 Å². The van der Waals surface area contributed by atoms with Crippen LogP contribution in [0.2, 0.25) is 0 Å². The molecule has 8 nitrogen and oxygen atoms in total. The topological polar surface area (TPSA) is 91.3 Å². The number of benzene rings is 1. The van der Waals surface area contributed by atoms with Gasteiger partial charge < -0.3 is 20.9 Å². The van der Waals surface area contributed by atoms with Crippen LogP contribution < -0.4 is 20.9 Å². The predicted octanol–water partition coefficient (Wildman–Crippen LogP) is 3.63. The van der Waals surface area contributed by atoms with Crippen molar-refractivity contribution in [1.82, 2.24) is 20.4 Å². The number of hydrogen-bond acceptors (Lipinski definition) is 5. The second kappa shape index (κ2) is 10.4. The maximum Gasteiger partial charge on any atom is 0.230 e. The Labute approximate surface area is 207 Å². The van der Waals surface area contributed by atoms with Gasteiger partial charge in [-0.15, -0.1) is 0 Å². The van der Waals surface area contributed by atoms with Gasteiger partial charge in [0, 0.05) is 31.5 Å². The van der Waals surface area contributed by atoms with E-state index in [0.717, 1.165) is 86.6 Å². The minimum atomic E-state index is 0.0169. The van der Waals surface area contributed by atoms with Crippen molar-refractivity contribution in [3.05, 3.63) is 35.5 Å². The summed E-state index contributed by atoms with van der Waals surface area (Å²) in [5.74, 6) is 2.33. The summed E-state index contributed by atoms with van der Waals surface area (Å²) < 4.78 is 1.86. The summed E-state index contributed by atoms with van der Waals surface area (Å²) >= 11 is 0. The predicted molar refractivity (Wildman–Crippen MR) is 138 cm³/mol. The third-order valence-electron chi connectivity index (χ3n) is 8.09. The van der Waals surface area contributed by atoms with E-state index in [9.17, 15) is 9.59 Å². The van der Waals surface area contributed by atoms with Crippen molar-refractivity contribution in [2.45, 2.75) is 58.4 Å². The van der Waals surface area contributed by atoms with Crippen LogP contribution in [0.3, 0.4) is 0 Å². The smallest absolute Gasteiger partial charge is 0.230 e. The summed E-state index contributed by atoms with van der Waals surface area (Å²) in [4.78, 5) is 28.1. The number of para-hydroxylation sites is 2. The molecule has 35 heavy (non-hydrogen) atoms. The maximum absolute atomic E-state index is 13.8. The van der Waals surface area contributed by atoms with E-state index in [-0.39, 0.29) is 17.7 Å². The van der Waals surface area contributed by atoms with Crippen molar-refractivity contribution in [1.29, 1.82) is 0 Å². The van der Waals surface area contributed by atoms with Crippen molar-refractivity contribution >= 4 is 29.0 Å². The Morgan fingerprint density at radius 2 is 1.80 bits per heavy atom. The summed E-state index contributed by atoms with van der Waals surface area (Å²) in [5, 5.41) is 14.6. The Bertz CT molecular complexity index is 1070. The molecular formula is C27H38N6O2. The highest BCUT2D eigenvalue weighted by molar-refractivity contribution is 5.99. The summed E-state index contributed by atoms with van der Waals surface area (Å²) in [6, 6.07) is 8.04. The lowest BCUT2D eigenvalue weighted by Gasteiger charge is -2.32. The molecule has 3 N–H and O–H groups in total. The Balaban J connectivity index is 1.19. The minimum Gasteiger partial charge on any atom is -0.356 e. The molecule has 0 spiro atoms. The molecule has 1 saturated heterocycles. The summed E-state index contributed by atoms with van der Waals surface area (Å²) in [5.41, 5.74) is 3.89. The molecule has 1 aliphatic carbocycles. The standard InChI is InChI=1S/C27H38N6O2/c1-18-22-17-33(24-6-4-3-5-23(24)30-26(22)32(2)31-18)27(35)21-9-7-20(8-10-21)16-29-25(34)15-19-11-13-28-14-12-19/h3-6,19-21,28,30H,7-17H2,1-2H3,(H,29,34). The minimum absolute atomic E-state index is 0.0169. The molecule has 0 bridgehead atoms. The van der Waals surface area contributed by atoms with Crippen molar-refractivity contribution in [2.24, 2.45) is 24.8 Å². The van der Waals surface area contributed by atoms with Crippen LogP contribution in [0, 0.1) is 24.7 Å². The molecule has 3 heterocycles. The van der Waals surface area contributed by atoms with E-state index in [1.807, 2.05) is 47.8 Å². The lowest BCUT2D eigenvalue weighted by molar-refractivity contribution is -0.124. The molecule has 0 atom stereocenters. The largest absolute Gasteiger partial charge is 0.356 e. The van der Waals surface area contributed by atoms with Crippen molar-refractivity contribution in [3.63, 3.8) is 0 Å². The van der Waals surface area contributed by atoms with Gasteiger partial charge in [-0.3, -0.25) is 14.3 Å². The zero-order valence-corrected chi connectivity index (χ0v) is 21.0. The van der Waals surface area contributed by atoms with Crippen molar-refractivity contribution < 1.29 is 9.59 Å². The molecule has 5 rings (SSSR count). The first-order valence-electron chi connectivity index (χ1n) is 13.2. The molecule has 1 saturated carbocycles. The number of carbonyl (C=O) groups excluding carboxylic acids is 2. The first-order valence-corrected chi connectivity index (χ1v) is 13.2. The van der Waals surface area contributed by atoms with Crippen LogP contribution in [0.25, 0.3) is 0 Å². The van der Waals surface area contributed by atoms with Gasteiger partial charge in [-0.2, -0.15) is 5.10 Å². The van der Waals surface area contributed by atoms with Crippen LogP contribution in [-0.4, -0.2) is 41.2 Å². The molecule has 2 aromatic rings. The van der Waals surface area contributed by atoms with Gasteiger partial charge in [0.2, 0.25) is 11.8 Å². The number of nitrogens with zero attached hydrogens (tertiary/aromatic N) is 3. The number of nitrogens with one attached hydrogen (secondary N) is 3. The lowest BCUT2D eigenvalue weighted by atomic mass is 9.81. The molecule has 1 aromatic carbocycles. The molecule has 0 radical (unpaired) electrons. The monoisotopic (exact) mass is 478 g/mol. The van der Waals surface area contributed by atoms with Gasteiger partial charge in [-0.25, -0.2) is 0 Å². The van der Waals surface area contributed by atoms with E-state index in [1.54, 1.807) is 0 Å². The van der Waals surface area contributed by atoms with Gasteiger partial charge in [0.25, 0.3) is 0 Å². The third kappa shape index (κ3) is 5.22. The average Bonchev–Trinajstić information content (AvgIpc) is 3.03. The van der Waals surface area contributed by atoms with Gasteiger partial charge >= 0.3 is 0 Å². The molecule has 3 aliphatic rings. The van der Waals surface area contributed by atoms with E-state index in [1.165, 1.54) is 0 Å². The summed E-state index contributed by atoms with van der Waals surface area (Å²) in [7, 11) is 1.94. The van der Waals surface area contributed by atoms with Crippen molar-refractivity contribution in [3.8, 4) is 0 Å². The summed E-state index contributed by atoms with van der Waals surface area (Å²) in [6.45, 7) is 5.32. The molecule has 2 aliphatic heterocycles. The Kier molecular flexibility index (Phi) is 7.09. The lowest BCUT2D eigenvalue weighted by Crippen LogP contribution is -2.39. The first kappa shape index (κ1) is 23.9. The maximum atomic E-state index is 13.8. The van der Waals surface area contributed by atoms with Crippen LogP contribution in [0.15, 0.2) is 24.3 Å². The fourth-order valence-corrected chi connectivity index (χ4v) is 5.94. The summed E-state index contributed by atoms with van der Waals surface area (Å²) in [6.07, 6.45) is 6.54. The molecule has 0 unspecified atom stereocenters. The number of hydrogen-bond donors (Lipinski definition) is 3. The van der Waals surface area contributed by atoms with Gasteiger partial charge in [0.15, 0.2) is 0 Å². The zero-order valence-electron chi connectivity index (χ0n) is 21.0. The van der Waals surface area contributed by atoms with Gasteiger partial charge in [0.1, 0.15) is 5.82 Å². The highest BCUT2D eigenvalue weighted by Crippen LogP contribution is 2.39. The number of anilines is 3. The van der Waals surface area contributed by atoms with Gasteiger partial charge in [-0.1, -0.05) is 12.1 Å². The number of piperidine rings is 1. The van der Waals surface area contributed by atoms with E-state index in [0.29, 0.717) is 24.8 Å². The van der Waals surface area contributed by atoms with Gasteiger partial charge in [0.05, 0.1) is 23.6 Å². The first-order chi connectivity index (χ1) is 17.0. The fourth-order valence-electron chi connectivity index (χ4n) is 5.94. The number of aromatic nitrogens is 2. The normalized spacial score (nSPS) is 22.5. The second-order valence-corrected chi connectivity index (χ2v) is 10.5. The molecule has 188 valence electrons. The van der Waals surface area contributed by atoms with Crippen LogP contribution in [0.4, 0.5) is 17.2 Å². The Morgan fingerprint density at radius 1 is 1.06 bits per heavy atom. The molecule has 2 amide bonds. The van der Waals surface area contributed by atoms with E-state index >= 15 is 0 Å². The number of carbonyl (C=O) groups is 2. The van der Waals surface area contributed by atoms with Crippen LogP contribution in [-0.2, 0) is 23.2 Å². The number of aryl methyl sites for hydroxylation is 2. The average molecular weight is 479 g/mol. The number of amides is 2. The van der Waals surface area contributed by atoms with Crippen LogP contribution in [0.5, 0.6) is 0 Å². The molecule has 1 aromatic heterocycles. The number of fused-ring (bicyclic) bond motifs is 2. The SMILES string of the molecule is Cc1nn(C)c2c1CN(C(=O)C1CCC(CNC(=O)CC3CCNCC3)CC1)c1ccccc1N2. The van der Waals surface area contributed by atoms with E-state index < -0.39 is 0 Å². The second-order valence-electron chi connectivity index (χ2n) is 10.5. The molecule has 2 fully saturated rings. The highest BCUT2D eigenvalue weighted by Gasteiger charge is 2.34. The molecule has 8 heteroatoms. The quantitative estimate of drug-likeness (QED) is 0.611. The highest BCUT2D eigenvalue weighted by atomic mass is 16.2.